The average molecular weight is 387 g/mol. The fraction of sp³-hybridized carbons (Fsp3) is 0.400. The fourth-order valence-electron chi connectivity index (χ4n) is 3.17. The van der Waals surface area contributed by atoms with Crippen molar-refractivity contribution in [1.82, 2.24) is 9.88 Å². The minimum atomic E-state index is 0.664. The number of nitriles is 1. The molecule has 1 fully saturated rings. The van der Waals surface area contributed by atoms with Gasteiger partial charge < -0.3 is 9.80 Å². The molecule has 0 spiro atoms. The number of anilines is 1. The lowest BCUT2D eigenvalue weighted by atomic mass is 10.2. The first-order chi connectivity index (χ1) is 12.8. The molecule has 4 nitrogen and oxygen atoms in total. The Morgan fingerprint density at radius 2 is 2.00 bits per heavy atom. The molecule has 0 aliphatic carbocycles. The van der Waals surface area contributed by atoms with Crippen molar-refractivity contribution in [3.05, 3.63) is 53.2 Å². The van der Waals surface area contributed by atoms with Crippen molar-refractivity contribution in [3.63, 3.8) is 0 Å². The quantitative estimate of drug-likeness (QED) is 0.547. The molecule has 1 aliphatic rings. The number of hydrogen-bond donors (Lipinski definition) is 0. The van der Waals surface area contributed by atoms with Gasteiger partial charge in [0.15, 0.2) is 0 Å². The molecule has 1 aromatic heterocycles. The molecular weight excluding hydrogens is 364 g/mol. The fourth-order valence-corrected chi connectivity index (χ4v) is 4.35. The maximum atomic E-state index is 9.29. The van der Waals surface area contributed by atoms with Crippen molar-refractivity contribution in [2.75, 3.05) is 43.4 Å². The van der Waals surface area contributed by atoms with Gasteiger partial charge in [-0.05, 0) is 55.9 Å². The van der Waals surface area contributed by atoms with Crippen LogP contribution in [0, 0.1) is 11.3 Å². The molecule has 3 rings (SSSR count). The summed E-state index contributed by atoms with van der Waals surface area (Å²) in [7, 11) is 0. The van der Waals surface area contributed by atoms with E-state index in [-0.39, 0.29) is 0 Å². The minimum Gasteiger partial charge on any atom is -0.354 e. The number of nitrogens with zero attached hydrogens (tertiary/aromatic N) is 4. The van der Waals surface area contributed by atoms with Crippen molar-refractivity contribution in [3.8, 4) is 6.07 Å². The number of aromatic nitrogens is 1. The maximum absolute atomic E-state index is 9.29. The molecule has 136 valence electrons. The Bertz CT molecular complexity index is 761. The zero-order chi connectivity index (χ0) is 18.2. The monoisotopic (exact) mass is 386 g/mol. The molecule has 0 saturated carbocycles. The summed E-state index contributed by atoms with van der Waals surface area (Å²) >= 11 is 8.03. The summed E-state index contributed by atoms with van der Waals surface area (Å²) in [5.41, 5.74) is 0.664. The number of halogens is 1. The van der Waals surface area contributed by atoms with E-state index < -0.39 is 0 Å². The van der Waals surface area contributed by atoms with Gasteiger partial charge in [-0.25, -0.2) is 4.98 Å². The number of hydrogen-bond acceptors (Lipinski definition) is 5. The first kappa shape index (κ1) is 19.0. The second-order valence-electron chi connectivity index (χ2n) is 6.30. The van der Waals surface area contributed by atoms with Crippen LogP contribution in [0.1, 0.15) is 18.4 Å². The van der Waals surface area contributed by atoms with E-state index in [4.69, 9.17) is 11.6 Å². The lowest BCUT2D eigenvalue weighted by Gasteiger charge is -2.23. The molecule has 1 aromatic carbocycles. The van der Waals surface area contributed by atoms with E-state index in [1.165, 1.54) is 0 Å². The van der Waals surface area contributed by atoms with Crippen LogP contribution in [-0.2, 0) is 0 Å². The summed E-state index contributed by atoms with van der Waals surface area (Å²) < 4.78 is 0. The summed E-state index contributed by atoms with van der Waals surface area (Å²) in [6.45, 7) is 5.08. The zero-order valence-electron chi connectivity index (χ0n) is 14.8. The Kier molecular flexibility index (Phi) is 7.19. The number of rotatable bonds is 6. The molecule has 1 saturated heterocycles. The molecule has 0 atom stereocenters. The highest BCUT2D eigenvalue weighted by atomic mass is 35.5. The molecule has 0 radical (unpaired) electrons. The summed E-state index contributed by atoms with van der Waals surface area (Å²) in [5, 5.41) is 10.1. The molecule has 0 bridgehead atoms. The van der Waals surface area contributed by atoms with Gasteiger partial charge in [0.25, 0.3) is 0 Å². The molecule has 1 aliphatic heterocycles. The Morgan fingerprint density at radius 1 is 1.12 bits per heavy atom. The molecule has 6 heteroatoms. The number of benzene rings is 1. The van der Waals surface area contributed by atoms with Crippen molar-refractivity contribution in [1.29, 1.82) is 5.26 Å². The van der Waals surface area contributed by atoms with Crippen LogP contribution in [0.3, 0.4) is 0 Å². The second kappa shape index (κ2) is 9.82. The van der Waals surface area contributed by atoms with Crippen LogP contribution in [0.5, 0.6) is 0 Å². The smallest absolute Gasteiger partial charge is 0.146 e. The van der Waals surface area contributed by atoms with Crippen molar-refractivity contribution >= 4 is 29.2 Å². The molecule has 2 heterocycles. The van der Waals surface area contributed by atoms with E-state index in [1.54, 1.807) is 6.20 Å². The summed E-state index contributed by atoms with van der Waals surface area (Å²) in [6, 6.07) is 13.9. The lowest BCUT2D eigenvalue weighted by molar-refractivity contribution is 0.295. The van der Waals surface area contributed by atoms with Gasteiger partial charge in [-0.15, -0.1) is 11.8 Å². The van der Waals surface area contributed by atoms with Crippen LogP contribution in [0.4, 0.5) is 5.82 Å². The SMILES string of the molecule is N#Cc1cccnc1N1CCCN(CCCSc2ccccc2Cl)CC1. The van der Waals surface area contributed by atoms with Gasteiger partial charge in [0, 0.05) is 30.7 Å². The second-order valence-corrected chi connectivity index (χ2v) is 7.85. The molecule has 26 heavy (non-hydrogen) atoms. The zero-order valence-corrected chi connectivity index (χ0v) is 16.3. The Balaban J connectivity index is 1.45. The average Bonchev–Trinajstić information content (AvgIpc) is 2.92. The first-order valence-electron chi connectivity index (χ1n) is 8.97. The van der Waals surface area contributed by atoms with Gasteiger partial charge in [-0.1, -0.05) is 23.7 Å². The van der Waals surface area contributed by atoms with E-state index in [0.717, 1.165) is 67.1 Å². The van der Waals surface area contributed by atoms with E-state index in [9.17, 15) is 5.26 Å². The largest absolute Gasteiger partial charge is 0.354 e. The van der Waals surface area contributed by atoms with Gasteiger partial charge in [0.1, 0.15) is 11.9 Å². The van der Waals surface area contributed by atoms with E-state index >= 15 is 0 Å². The minimum absolute atomic E-state index is 0.664. The Morgan fingerprint density at radius 3 is 2.85 bits per heavy atom. The molecular formula is C20H23ClN4S. The number of pyridine rings is 1. The summed E-state index contributed by atoms with van der Waals surface area (Å²) in [6.07, 6.45) is 4.01. The Hall–Kier alpha value is -1.74. The van der Waals surface area contributed by atoms with Crippen molar-refractivity contribution in [2.45, 2.75) is 17.7 Å². The number of thioether (sulfide) groups is 1. The Labute approximate surface area is 164 Å². The molecule has 0 unspecified atom stereocenters. The highest BCUT2D eigenvalue weighted by Crippen LogP contribution is 2.27. The van der Waals surface area contributed by atoms with Crippen molar-refractivity contribution in [2.24, 2.45) is 0 Å². The van der Waals surface area contributed by atoms with Crippen molar-refractivity contribution < 1.29 is 0 Å². The predicted octanol–water partition coefficient (Wildman–Crippen LogP) is 4.30. The molecule has 0 amide bonds. The van der Waals surface area contributed by atoms with Crippen LogP contribution < -0.4 is 4.90 Å². The predicted molar refractivity (Wildman–Crippen MR) is 109 cm³/mol. The molecule has 2 aromatic rings. The van der Waals surface area contributed by atoms with E-state index in [0.29, 0.717) is 5.56 Å². The third-order valence-electron chi connectivity index (χ3n) is 4.51. The van der Waals surface area contributed by atoms with Gasteiger partial charge in [-0.2, -0.15) is 5.26 Å². The highest BCUT2D eigenvalue weighted by molar-refractivity contribution is 7.99. The van der Waals surface area contributed by atoms with E-state index in [2.05, 4.69) is 26.9 Å². The first-order valence-corrected chi connectivity index (χ1v) is 10.3. The standard InChI is InChI=1S/C20H23ClN4S/c21-18-7-1-2-8-19(18)26-15-5-11-24-10-4-12-25(14-13-24)20-17(16-22)6-3-9-23-20/h1-3,6-9H,4-5,10-15H2. The van der Waals surface area contributed by atoms with Crippen LogP contribution in [0.2, 0.25) is 5.02 Å². The van der Waals surface area contributed by atoms with Gasteiger partial charge >= 0.3 is 0 Å². The maximum Gasteiger partial charge on any atom is 0.146 e. The van der Waals surface area contributed by atoms with E-state index in [1.807, 2.05) is 42.1 Å². The van der Waals surface area contributed by atoms with Crippen LogP contribution in [0.15, 0.2) is 47.5 Å². The summed E-state index contributed by atoms with van der Waals surface area (Å²) in [4.78, 5) is 10.4. The van der Waals surface area contributed by atoms with Gasteiger partial charge in [0.05, 0.1) is 10.6 Å². The van der Waals surface area contributed by atoms with Crippen LogP contribution in [-0.4, -0.2) is 48.4 Å². The van der Waals surface area contributed by atoms with Crippen LogP contribution in [0.25, 0.3) is 0 Å². The topological polar surface area (TPSA) is 43.2 Å². The lowest BCUT2D eigenvalue weighted by Crippen LogP contribution is -2.32. The third kappa shape index (κ3) is 5.14. The third-order valence-corrected chi connectivity index (χ3v) is 6.11. The molecule has 0 N–H and O–H groups in total. The van der Waals surface area contributed by atoms with Gasteiger partial charge in [0.2, 0.25) is 0 Å². The summed E-state index contributed by atoms with van der Waals surface area (Å²) in [5.74, 6) is 1.90. The van der Waals surface area contributed by atoms with Gasteiger partial charge in [-0.3, -0.25) is 0 Å². The normalized spacial score (nSPS) is 15.5. The highest BCUT2D eigenvalue weighted by Gasteiger charge is 2.18. The van der Waals surface area contributed by atoms with Crippen LogP contribution >= 0.6 is 23.4 Å².